The molecular formula is C13H16FNO2. The molecule has 1 N–H and O–H groups in total. The molecular weight excluding hydrogens is 221 g/mol. The van der Waals surface area contributed by atoms with Crippen molar-refractivity contribution in [3.63, 3.8) is 0 Å². The first-order valence-electron chi connectivity index (χ1n) is 5.76. The third kappa shape index (κ3) is 2.57. The standard InChI is InChI=1S/C13H16FNO2/c1-13(14)6-8-15(9-7-13)11-5-3-2-4-10(11)12(16)17/h2-5H,6-9H2,1H3,(H,16,17). The van der Waals surface area contributed by atoms with E-state index in [1.807, 2.05) is 11.0 Å². The van der Waals surface area contributed by atoms with E-state index in [1.165, 1.54) is 0 Å². The Labute approximate surface area is 99.9 Å². The van der Waals surface area contributed by atoms with E-state index >= 15 is 0 Å². The topological polar surface area (TPSA) is 40.5 Å². The number of carboxylic acids is 1. The summed E-state index contributed by atoms with van der Waals surface area (Å²) in [5.74, 6) is -0.936. The lowest BCUT2D eigenvalue weighted by molar-refractivity contribution is 0.0697. The Kier molecular flexibility index (Phi) is 3.05. The molecule has 0 amide bonds. The van der Waals surface area contributed by atoms with Crippen LogP contribution in [0.1, 0.15) is 30.1 Å². The van der Waals surface area contributed by atoms with Crippen molar-refractivity contribution < 1.29 is 14.3 Å². The summed E-state index contributed by atoms with van der Waals surface area (Å²) in [4.78, 5) is 13.0. The van der Waals surface area contributed by atoms with Crippen molar-refractivity contribution in [1.82, 2.24) is 0 Å². The molecule has 1 heterocycles. The molecule has 4 heteroatoms. The number of anilines is 1. The normalized spacial score (nSPS) is 19.1. The van der Waals surface area contributed by atoms with Crippen molar-refractivity contribution in [3.05, 3.63) is 29.8 Å². The van der Waals surface area contributed by atoms with Gasteiger partial charge in [-0.25, -0.2) is 9.18 Å². The quantitative estimate of drug-likeness (QED) is 0.859. The third-order valence-corrected chi connectivity index (χ3v) is 3.28. The summed E-state index contributed by atoms with van der Waals surface area (Å²) in [6.45, 7) is 2.74. The Morgan fingerprint density at radius 1 is 1.35 bits per heavy atom. The van der Waals surface area contributed by atoms with Crippen molar-refractivity contribution >= 4 is 11.7 Å². The minimum Gasteiger partial charge on any atom is -0.478 e. The van der Waals surface area contributed by atoms with Crippen LogP contribution in [0.25, 0.3) is 0 Å². The smallest absolute Gasteiger partial charge is 0.337 e. The number of halogens is 1. The molecule has 0 unspecified atom stereocenters. The average Bonchev–Trinajstić information content (AvgIpc) is 2.29. The molecule has 0 aromatic heterocycles. The van der Waals surface area contributed by atoms with Gasteiger partial charge in [-0.3, -0.25) is 0 Å². The van der Waals surface area contributed by atoms with Crippen LogP contribution in [0.5, 0.6) is 0 Å². The number of hydrogen-bond donors (Lipinski definition) is 1. The van der Waals surface area contributed by atoms with Gasteiger partial charge in [0.2, 0.25) is 0 Å². The molecule has 3 nitrogen and oxygen atoms in total. The van der Waals surface area contributed by atoms with Crippen LogP contribution in [0, 0.1) is 0 Å². The maximum Gasteiger partial charge on any atom is 0.337 e. The number of alkyl halides is 1. The predicted molar refractivity (Wildman–Crippen MR) is 64.4 cm³/mol. The molecule has 1 aliphatic rings. The Bertz CT molecular complexity index is 421. The first-order valence-corrected chi connectivity index (χ1v) is 5.76. The summed E-state index contributed by atoms with van der Waals surface area (Å²) in [5, 5.41) is 9.10. The van der Waals surface area contributed by atoms with Gasteiger partial charge in [0, 0.05) is 13.1 Å². The van der Waals surface area contributed by atoms with Gasteiger partial charge in [-0.15, -0.1) is 0 Å². The van der Waals surface area contributed by atoms with Crippen LogP contribution in [-0.2, 0) is 0 Å². The molecule has 1 saturated heterocycles. The van der Waals surface area contributed by atoms with Crippen molar-refractivity contribution in [2.24, 2.45) is 0 Å². The van der Waals surface area contributed by atoms with Crippen LogP contribution >= 0.6 is 0 Å². The second-order valence-electron chi connectivity index (χ2n) is 4.72. The fraction of sp³-hybridized carbons (Fsp3) is 0.462. The van der Waals surface area contributed by atoms with Gasteiger partial charge in [0.1, 0.15) is 5.67 Å². The molecule has 0 saturated carbocycles. The first kappa shape index (κ1) is 11.9. The van der Waals surface area contributed by atoms with E-state index in [2.05, 4.69) is 0 Å². The zero-order valence-corrected chi connectivity index (χ0v) is 9.82. The zero-order chi connectivity index (χ0) is 12.5. The number of nitrogens with zero attached hydrogens (tertiary/aromatic N) is 1. The highest BCUT2D eigenvalue weighted by Crippen LogP contribution is 2.30. The van der Waals surface area contributed by atoms with E-state index in [0.29, 0.717) is 31.6 Å². The van der Waals surface area contributed by atoms with Crippen LogP contribution < -0.4 is 4.90 Å². The number of carboxylic acid groups (broad SMARTS) is 1. The number of rotatable bonds is 2. The molecule has 0 atom stereocenters. The molecule has 1 fully saturated rings. The summed E-state index contributed by atoms with van der Waals surface area (Å²) in [6.07, 6.45) is 0.891. The number of benzene rings is 1. The number of para-hydroxylation sites is 1. The highest BCUT2D eigenvalue weighted by Gasteiger charge is 2.30. The van der Waals surface area contributed by atoms with E-state index in [9.17, 15) is 9.18 Å². The van der Waals surface area contributed by atoms with Gasteiger partial charge in [0.05, 0.1) is 11.3 Å². The van der Waals surface area contributed by atoms with E-state index in [1.54, 1.807) is 25.1 Å². The molecule has 0 aliphatic carbocycles. The third-order valence-electron chi connectivity index (χ3n) is 3.28. The van der Waals surface area contributed by atoms with Crippen molar-refractivity contribution in [2.75, 3.05) is 18.0 Å². The van der Waals surface area contributed by atoms with Crippen LogP contribution in [0.2, 0.25) is 0 Å². The number of hydrogen-bond acceptors (Lipinski definition) is 2. The van der Waals surface area contributed by atoms with Crippen molar-refractivity contribution in [2.45, 2.75) is 25.4 Å². The Morgan fingerprint density at radius 3 is 2.53 bits per heavy atom. The number of piperidine rings is 1. The molecule has 0 spiro atoms. The van der Waals surface area contributed by atoms with E-state index in [-0.39, 0.29) is 5.56 Å². The fourth-order valence-corrected chi connectivity index (χ4v) is 2.14. The predicted octanol–water partition coefficient (Wildman–Crippen LogP) is 2.71. The summed E-state index contributed by atoms with van der Waals surface area (Å²) in [7, 11) is 0. The molecule has 17 heavy (non-hydrogen) atoms. The minimum atomic E-state index is -1.12. The van der Waals surface area contributed by atoms with Gasteiger partial charge in [0.25, 0.3) is 0 Å². The molecule has 0 radical (unpaired) electrons. The summed E-state index contributed by atoms with van der Waals surface area (Å²) in [6, 6.07) is 6.88. The van der Waals surface area contributed by atoms with Gasteiger partial charge in [-0.05, 0) is 31.9 Å². The number of aromatic carboxylic acids is 1. The van der Waals surface area contributed by atoms with Crippen LogP contribution in [-0.4, -0.2) is 29.8 Å². The van der Waals surface area contributed by atoms with E-state index < -0.39 is 11.6 Å². The van der Waals surface area contributed by atoms with Gasteiger partial charge in [-0.2, -0.15) is 0 Å². The average molecular weight is 237 g/mol. The lowest BCUT2D eigenvalue weighted by atomic mass is 9.95. The Morgan fingerprint density at radius 2 is 1.94 bits per heavy atom. The summed E-state index contributed by atoms with van der Waals surface area (Å²) >= 11 is 0. The van der Waals surface area contributed by atoms with Crippen LogP contribution in [0.4, 0.5) is 10.1 Å². The lowest BCUT2D eigenvalue weighted by Gasteiger charge is -2.36. The van der Waals surface area contributed by atoms with Crippen LogP contribution in [0.3, 0.4) is 0 Å². The lowest BCUT2D eigenvalue weighted by Crippen LogP contribution is -2.40. The molecule has 1 aromatic carbocycles. The number of carbonyl (C=O) groups is 1. The second kappa shape index (κ2) is 4.35. The summed E-state index contributed by atoms with van der Waals surface area (Å²) < 4.78 is 13.7. The van der Waals surface area contributed by atoms with Crippen molar-refractivity contribution in [1.29, 1.82) is 0 Å². The molecule has 1 aromatic rings. The Hall–Kier alpha value is -1.58. The SMILES string of the molecule is CC1(F)CCN(c2ccccc2C(=O)O)CC1. The Balaban J connectivity index is 2.21. The largest absolute Gasteiger partial charge is 0.478 e. The monoisotopic (exact) mass is 237 g/mol. The van der Waals surface area contributed by atoms with Gasteiger partial charge < -0.3 is 10.0 Å². The van der Waals surface area contributed by atoms with Gasteiger partial charge in [-0.1, -0.05) is 12.1 Å². The van der Waals surface area contributed by atoms with Gasteiger partial charge in [0.15, 0.2) is 0 Å². The second-order valence-corrected chi connectivity index (χ2v) is 4.72. The maximum absolute atomic E-state index is 13.7. The first-order chi connectivity index (χ1) is 7.99. The molecule has 2 rings (SSSR count). The van der Waals surface area contributed by atoms with E-state index in [4.69, 9.17) is 5.11 Å². The van der Waals surface area contributed by atoms with E-state index in [0.717, 1.165) is 0 Å². The summed E-state index contributed by atoms with van der Waals surface area (Å²) in [5.41, 5.74) is -0.139. The maximum atomic E-state index is 13.7. The van der Waals surface area contributed by atoms with Crippen molar-refractivity contribution in [3.8, 4) is 0 Å². The highest BCUT2D eigenvalue weighted by molar-refractivity contribution is 5.94. The molecule has 0 bridgehead atoms. The fourth-order valence-electron chi connectivity index (χ4n) is 2.14. The van der Waals surface area contributed by atoms with Gasteiger partial charge >= 0.3 is 5.97 Å². The molecule has 92 valence electrons. The zero-order valence-electron chi connectivity index (χ0n) is 9.82. The molecule has 1 aliphatic heterocycles. The highest BCUT2D eigenvalue weighted by atomic mass is 19.1. The van der Waals surface area contributed by atoms with Crippen LogP contribution in [0.15, 0.2) is 24.3 Å². The minimum absolute atomic E-state index is 0.287.